The number of ether oxygens (including phenoxy) is 2. The minimum atomic E-state index is -0.967. The number of nitrogens with zero attached hydrogens (tertiary/aromatic N) is 3. The van der Waals surface area contributed by atoms with Gasteiger partial charge in [0.15, 0.2) is 11.5 Å². The van der Waals surface area contributed by atoms with Gasteiger partial charge in [-0.2, -0.15) is 0 Å². The molecule has 0 saturated carbocycles. The zero-order valence-corrected chi connectivity index (χ0v) is 20.6. The second-order valence-corrected chi connectivity index (χ2v) is 9.12. The Bertz CT molecular complexity index is 1320. The topological polar surface area (TPSA) is 102 Å². The van der Waals surface area contributed by atoms with Gasteiger partial charge < -0.3 is 14.6 Å². The van der Waals surface area contributed by atoms with E-state index in [1.165, 1.54) is 16.2 Å². The first-order chi connectivity index (χ1) is 16.8. The fraction of sp³-hybridized carbons (Fsp3) is 0.200. The van der Waals surface area contributed by atoms with Crippen molar-refractivity contribution in [3.05, 3.63) is 81.8 Å². The third-order valence-electron chi connectivity index (χ3n) is 5.22. The zero-order chi connectivity index (χ0) is 25.1. The number of halogens is 1. The normalized spacial score (nSPS) is 17.0. The molecule has 4 rings (SSSR count). The number of hydrogen-bond acceptors (Lipinski definition) is 8. The first-order valence-electron chi connectivity index (χ1n) is 10.7. The number of benzene rings is 2. The predicted octanol–water partition coefficient (Wildman–Crippen LogP) is 5.09. The number of rotatable bonds is 8. The molecular formula is C25H22ClN3O5S. The summed E-state index contributed by atoms with van der Waals surface area (Å²) < 4.78 is 11.4. The van der Waals surface area contributed by atoms with Gasteiger partial charge in [-0.25, -0.2) is 0 Å². The van der Waals surface area contributed by atoms with E-state index in [0.717, 1.165) is 0 Å². The molecule has 1 saturated heterocycles. The third-order valence-corrected chi connectivity index (χ3v) is 6.31. The van der Waals surface area contributed by atoms with Gasteiger partial charge in [-0.15, -0.1) is 10.2 Å². The smallest absolute Gasteiger partial charge is 0.301 e. The molecule has 2 heterocycles. The second-order valence-electron chi connectivity index (χ2n) is 7.52. The van der Waals surface area contributed by atoms with E-state index in [2.05, 4.69) is 16.8 Å². The summed E-state index contributed by atoms with van der Waals surface area (Å²) in [6.07, 6.45) is 1.61. The summed E-state index contributed by atoms with van der Waals surface area (Å²) in [4.78, 5) is 27.7. The van der Waals surface area contributed by atoms with Crippen molar-refractivity contribution in [1.82, 2.24) is 10.2 Å². The van der Waals surface area contributed by atoms with Crippen LogP contribution in [0.3, 0.4) is 0 Å². The molecule has 10 heteroatoms. The number of hydrogen-bond donors (Lipinski definition) is 1. The molecule has 1 N–H and O–H groups in total. The lowest BCUT2D eigenvalue weighted by Crippen LogP contribution is -2.29. The number of Topliss-reactive ketones (excluding diaryl/α,β-unsaturated/α-hetero) is 1. The van der Waals surface area contributed by atoms with E-state index >= 15 is 0 Å². The molecule has 180 valence electrons. The summed E-state index contributed by atoms with van der Waals surface area (Å²) in [7, 11) is 0. The van der Waals surface area contributed by atoms with Gasteiger partial charge in [-0.05, 0) is 55.8 Å². The number of ketones is 1. The average molecular weight is 512 g/mol. The van der Waals surface area contributed by atoms with Crippen LogP contribution in [0.25, 0.3) is 5.76 Å². The van der Waals surface area contributed by atoms with Gasteiger partial charge in [0.25, 0.3) is 5.78 Å². The van der Waals surface area contributed by atoms with Gasteiger partial charge in [0.1, 0.15) is 17.4 Å². The van der Waals surface area contributed by atoms with E-state index in [-0.39, 0.29) is 23.1 Å². The van der Waals surface area contributed by atoms with E-state index in [0.29, 0.717) is 39.3 Å². The number of aliphatic hydroxyl groups excluding tert-OH is 1. The summed E-state index contributed by atoms with van der Waals surface area (Å²) in [5.74, 6) is -1.06. The number of anilines is 1. The van der Waals surface area contributed by atoms with E-state index in [9.17, 15) is 14.7 Å². The number of carbonyl (C=O) groups excluding carboxylic acids is 2. The Balaban J connectivity index is 1.92. The van der Waals surface area contributed by atoms with Crippen molar-refractivity contribution in [2.75, 3.05) is 18.1 Å². The Morgan fingerprint density at radius 1 is 1.17 bits per heavy atom. The largest absolute Gasteiger partial charge is 0.507 e. The minimum Gasteiger partial charge on any atom is -0.507 e. The monoisotopic (exact) mass is 511 g/mol. The summed E-state index contributed by atoms with van der Waals surface area (Å²) in [6, 6.07) is 10.5. The quantitative estimate of drug-likeness (QED) is 0.194. The van der Waals surface area contributed by atoms with Crippen molar-refractivity contribution in [2.24, 2.45) is 0 Å². The molecule has 1 amide bonds. The molecule has 0 radical (unpaired) electrons. The van der Waals surface area contributed by atoms with Crippen LogP contribution in [0.4, 0.5) is 5.13 Å². The van der Waals surface area contributed by atoms with Gasteiger partial charge in [0, 0.05) is 10.6 Å². The average Bonchev–Trinajstić information content (AvgIpc) is 3.39. The van der Waals surface area contributed by atoms with Gasteiger partial charge in [0.2, 0.25) is 5.13 Å². The Morgan fingerprint density at radius 3 is 2.54 bits per heavy atom. The SMILES string of the molecule is C=CCOc1ccc(C2/C(=C(\O)c3ccc(Cl)cc3)C(=O)C(=O)N2c2nnc(C)s2)cc1OCC. The lowest BCUT2D eigenvalue weighted by Gasteiger charge is -2.23. The molecule has 3 aromatic rings. The lowest BCUT2D eigenvalue weighted by atomic mass is 9.95. The van der Waals surface area contributed by atoms with Gasteiger partial charge in [-0.3, -0.25) is 14.5 Å². The van der Waals surface area contributed by atoms with Gasteiger partial charge in [0.05, 0.1) is 18.2 Å². The van der Waals surface area contributed by atoms with Crippen molar-refractivity contribution in [2.45, 2.75) is 19.9 Å². The maximum absolute atomic E-state index is 13.2. The van der Waals surface area contributed by atoms with Crippen LogP contribution in [0.1, 0.15) is 29.1 Å². The van der Waals surface area contributed by atoms with E-state index in [4.69, 9.17) is 21.1 Å². The lowest BCUT2D eigenvalue weighted by molar-refractivity contribution is -0.132. The number of carbonyl (C=O) groups is 2. The van der Waals surface area contributed by atoms with Crippen LogP contribution in [0.15, 0.2) is 60.7 Å². The highest BCUT2D eigenvalue weighted by Crippen LogP contribution is 2.44. The minimum absolute atomic E-state index is 0.0765. The van der Waals surface area contributed by atoms with Crippen molar-refractivity contribution in [3.63, 3.8) is 0 Å². The van der Waals surface area contributed by atoms with E-state index in [1.807, 2.05) is 6.92 Å². The van der Waals surface area contributed by atoms with E-state index < -0.39 is 17.7 Å². The molecule has 2 aromatic carbocycles. The fourth-order valence-corrected chi connectivity index (χ4v) is 4.56. The number of aryl methyl sites for hydroxylation is 1. The van der Waals surface area contributed by atoms with Crippen LogP contribution in [0.2, 0.25) is 5.02 Å². The van der Waals surface area contributed by atoms with Crippen molar-refractivity contribution >= 4 is 45.5 Å². The molecule has 0 aliphatic carbocycles. The molecular weight excluding hydrogens is 490 g/mol. The van der Waals surface area contributed by atoms with Crippen LogP contribution >= 0.6 is 22.9 Å². The fourth-order valence-electron chi connectivity index (χ4n) is 3.72. The Kier molecular flexibility index (Phi) is 7.18. The summed E-state index contributed by atoms with van der Waals surface area (Å²) in [5.41, 5.74) is 0.802. The standard InChI is InChI=1S/C25H22ClN3O5S/c1-4-12-34-18-11-8-16(13-19(18)33-5-2)21-20(22(30)15-6-9-17(26)10-7-15)23(31)24(32)29(21)25-28-27-14(3)35-25/h4,6-11,13,21,30H,1,5,12H2,2-3H3/b22-20+. The summed E-state index contributed by atoms with van der Waals surface area (Å²) >= 11 is 7.15. The summed E-state index contributed by atoms with van der Waals surface area (Å²) in [5, 5.41) is 20.6. The molecule has 0 bridgehead atoms. The Labute approximate surface area is 211 Å². The molecule has 1 unspecified atom stereocenters. The first-order valence-corrected chi connectivity index (χ1v) is 11.9. The molecule has 8 nitrogen and oxygen atoms in total. The molecule has 35 heavy (non-hydrogen) atoms. The van der Waals surface area contributed by atoms with Crippen LogP contribution in [0.5, 0.6) is 11.5 Å². The second kappa shape index (κ2) is 10.3. The van der Waals surface area contributed by atoms with Crippen LogP contribution < -0.4 is 14.4 Å². The molecule has 1 aliphatic heterocycles. The van der Waals surface area contributed by atoms with Gasteiger partial charge in [-0.1, -0.05) is 41.7 Å². The molecule has 1 aromatic heterocycles. The Hall–Kier alpha value is -3.69. The number of aromatic nitrogens is 2. The molecule has 1 fully saturated rings. The Morgan fingerprint density at radius 2 is 1.91 bits per heavy atom. The van der Waals surface area contributed by atoms with Crippen molar-refractivity contribution in [3.8, 4) is 11.5 Å². The maximum atomic E-state index is 13.2. The first kappa shape index (κ1) is 24.4. The van der Waals surface area contributed by atoms with Crippen molar-refractivity contribution < 1.29 is 24.2 Å². The van der Waals surface area contributed by atoms with Crippen LogP contribution in [-0.4, -0.2) is 40.2 Å². The molecule has 1 aliphatic rings. The number of aliphatic hydroxyl groups is 1. The molecule has 0 spiro atoms. The van der Waals surface area contributed by atoms with Gasteiger partial charge >= 0.3 is 5.91 Å². The highest BCUT2D eigenvalue weighted by atomic mass is 35.5. The van der Waals surface area contributed by atoms with E-state index in [1.54, 1.807) is 55.5 Å². The van der Waals surface area contributed by atoms with Crippen LogP contribution in [0, 0.1) is 6.92 Å². The third kappa shape index (κ3) is 4.78. The highest BCUT2D eigenvalue weighted by molar-refractivity contribution is 7.15. The molecule has 1 atom stereocenters. The van der Waals surface area contributed by atoms with Crippen LogP contribution in [-0.2, 0) is 9.59 Å². The van der Waals surface area contributed by atoms with Crippen molar-refractivity contribution in [1.29, 1.82) is 0 Å². The predicted molar refractivity (Wildman–Crippen MR) is 134 cm³/mol. The summed E-state index contributed by atoms with van der Waals surface area (Å²) in [6.45, 7) is 7.89. The number of amides is 1. The highest BCUT2D eigenvalue weighted by Gasteiger charge is 2.48. The zero-order valence-electron chi connectivity index (χ0n) is 19.0. The maximum Gasteiger partial charge on any atom is 0.301 e.